The Bertz CT molecular complexity index is 960. The molecule has 2 heterocycles. The van der Waals surface area contributed by atoms with Crippen LogP contribution in [0.15, 0.2) is 35.1 Å². The van der Waals surface area contributed by atoms with E-state index >= 15 is 0 Å². The van der Waals surface area contributed by atoms with Crippen molar-refractivity contribution >= 4 is 39.3 Å². The van der Waals surface area contributed by atoms with Gasteiger partial charge in [-0.3, -0.25) is 13.5 Å². The molecule has 0 atom stereocenters. The molecular weight excluding hydrogens is 346 g/mol. The van der Waals surface area contributed by atoms with Crippen molar-refractivity contribution in [2.75, 3.05) is 0 Å². The lowest BCUT2D eigenvalue weighted by Crippen LogP contribution is -2.29. The molecule has 0 unspecified atom stereocenters. The van der Waals surface area contributed by atoms with Crippen LogP contribution in [0.4, 0.5) is 0 Å². The number of benzene rings is 1. The lowest BCUT2D eigenvalue weighted by Gasteiger charge is -2.05. The van der Waals surface area contributed by atoms with Gasteiger partial charge in [0.2, 0.25) is 5.91 Å². The number of carbonyl (C=O) groups excluding carboxylic acids is 1. The summed E-state index contributed by atoms with van der Waals surface area (Å²) < 4.78 is 1.45. The van der Waals surface area contributed by atoms with Crippen molar-refractivity contribution in [2.24, 2.45) is 0 Å². The monoisotopic (exact) mass is 361 g/mol. The second-order valence-electron chi connectivity index (χ2n) is 5.60. The van der Waals surface area contributed by atoms with Gasteiger partial charge in [0.15, 0.2) is 0 Å². The van der Waals surface area contributed by atoms with E-state index in [1.807, 2.05) is 32.0 Å². The van der Waals surface area contributed by atoms with Gasteiger partial charge in [-0.05, 0) is 54.7 Å². The molecule has 0 saturated carbocycles. The number of nitrogens with one attached hydrogen (secondary N) is 1. The zero-order chi connectivity index (χ0) is 17.3. The van der Waals surface area contributed by atoms with Gasteiger partial charge in [-0.15, -0.1) is 0 Å². The van der Waals surface area contributed by atoms with E-state index in [1.54, 1.807) is 12.1 Å². The highest BCUT2D eigenvalue weighted by Gasteiger charge is 2.14. The zero-order valence-electron chi connectivity index (χ0n) is 13.3. The number of pyridine rings is 1. The van der Waals surface area contributed by atoms with Crippen LogP contribution in [0, 0.1) is 13.8 Å². The molecule has 3 aromatic rings. The van der Waals surface area contributed by atoms with Crippen LogP contribution in [0.25, 0.3) is 10.2 Å². The molecule has 0 spiro atoms. The maximum absolute atomic E-state index is 12.4. The summed E-state index contributed by atoms with van der Waals surface area (Å²) in [6.07, 6.45) is 0. The van der Waals surface area contributed by atoms with E-state index in [0.717, 1.165) is 16.8 Å². The van der Waals surface area contributed by atoms with Crippen molar-refractivity contribution in [3.05, 3.63) is 62.5 Å². The number of hydrogen-bond acceptors (Lipinski definition) is 4. The van der Waals surface area contributed by atoms with Gasteiger partial charge in [-0.25, -0.2) is 4.98 Å². The third-order valence-electron chi connectivity index (χ3n) is 3.64. The quantitative estimate of drug-likeness (QED) is 0.776. The van der Waals surface area contributed by atoms with Crippen molar-refractivity contribution < 1.29 is 4.79 Å². The molecule has 1 amide bonds. The third kappa shape index (κ3) is 3.49. The number of nitrogens with zero attached hydrogens (tertiary/aromatic N) is 2. The number of rotatable bonds is 4. The summed E-state index contributed by atoms with van der Waals surface area (Å²) in [7, 11) is 0. The van der Waals surface area contributed by atoms with Crippen molar-refractivity contribution in [3.8, 4) is 0 Å². The van der Waals surface area contributed by atoms with Crippen molar-refractivity contribution in [1.29, 1.82) is 0 Å². The molecule has 0 bridgehead atoms. The number of fused-ring (bicyclic) bond motifs is 1. The molecule has 0 aliphatic heterocycles. The topological polar surface area (TPSA) is 64.0 Å². The number of carbonyl (C=O) groups is 1. The average Bonchev–Trinajstić information content (AvgIpc) is 2.82. The molecule has 124 valence electrons. The largest absolute Gasteiger partial charge is 0.350 e. The zero-order valence-corrected chi connectivity index (χ0v) is 14.9. The maximum atomic E-state index is 12.4. The summed E-state index contributed by atoms with van der Waals surface area (Å²) in [4.78, 5) is 29.6. The molecule has 3 rings (SSSR count). The molecule has 2 aromatic heterocycles. The summed E-state index contributed by atoms with van der Waals surface area (Å²) in [6.45, 7) is 4.16. The van der Waals surface area contributed by atoms with Gasteiger partial charge in [-0.1, -0.05) is 23.7 Å². The molecular formula is C17H16ClN3O2S. The van der Waals surface area contributed by atoms with E-state index < -0.39 is 0 Å². The Hall–Kier alpha value is -2.18. The maximum Gasteiger partial charge on any atom is 0.270 e. The van der Waals surface area contributed by atoms with E-state index in [0.29, 0.717) is 21.8 Å². The number of aryl methyl sites for hydroxylation is 2. The molecule has 0 radical (unpaired) electrons. The molecule has 5 nitrogen and oxygen atoms in total. The van der Waals surface area contributed by atoms with Crippen LogP contribution < -0.4 is 10.9 Å². The number of halogens is 1. The smallest absolute Gasteiger partial charge is 0.270 e. The molecule has 0 aliphatic carbocycles. The lowest BCUT2D eigenvalue weighted by atomic mass is 10.2. The SMILES string of the molecule is Cc1cc(C)c2c(=O)n(CC(=O)NCc3ccc(Cl)cc3)sc2n1. The second kappa shape index (κ2) is 6.75. The molecule has 0 aliphatic rings. The van der Waals surface area contributed by atoms with E-state index in [-0.39, 0.29) is 18.0 Å². The summed E-state index contributed by atoms with van der Waals surface area (Å²) in [5.74, 6) is -0.215. The van der Waals surface area contributed by atoms with Gasteiger partial charge in [-0.2, -0.15) is 0 Å². The van der Waals surface area contributed by atoms with Gasteiger partial charge in [0.05, 0.1) is 5.39 Å². The van der Waals surface area contributed by atoms with E-state index in [4.69, 9.17) is 11.6 Å². The van der Waals surface area contributed by atoms with Crippen LogP contribution in [0.5, 0.6) is 0 Å². The van der Waals surface area contributed by atoms with E-state index in [2.05, 4.69) is 10.3 Å². The second-order valence-corrected chi connectivity index (χ2v) is 7.04. The number of amides is 1. The summed E-state index contributed by atoms with van der Waals surface area (Å²) >= 11 is 7.05. The fourth-order valence-electron chi connectivity index (χ4n) is 2.49. The van der Waals surface area contributed by atoms with Crippen molar-refractivity contribution in [2.45, 2.75) is 26.9 Å². The van der Waals surface area contributed by atoms with Crippen LogP contribution in [-0.4, -0.2) is 14.8 Å². The summed E-state index contributed by atoms with van der Waals surface area (Å²) in [5, 5.41) is 4.06. The Labute approximate surface area is 148 Å². The third-order valence-corrected chi connectivity index (χ3v) is 4.87. The highest BCUT2D eigenvalue weighted by molar-refractivity contribution is 7.13. The Kier molecular flexibility index (Phi) is 4.69. The predicted octanol–water partition coefficient (Wildman–Crippen LogP) is 3.04. The van der Waals surface area contributed by atoms with Crippen molar-refractivity contribution in [1.82, 2.24) is 14.3 Å². The lowest BCUT2D eigenvalue weighted by molar-refractivity contribution is -0.121. The average molecular weight is 362 g/mol. The molecule has 1 aromatic carbocycles. The molecule has 24 heavy (non-hydrogen) atoms. The van der Waals surface area contributed by atoms with Gasteiger partial charge < -0.3 is 5.32 Å². The molecule has 1 N–H and O–H groups in total. The number of hydrogen-bond donors (Lipinski definition) is 1. The first kappa shape index (κ1) is 16.7. The first-order valence-electron chi connectivity index (χ1n) is 7.43. The fourth-order valence-corrected chi connectivity index (χ4v) is 3.71. The van der Waals surface area contributed by atoms with E-state index in [1.165, 1.54) is 15.5 Å². The van der Waals surface area contributed by atoms with Crippen LogP contribution in [0.3, 0.4) is 0 Å². The fraction of sp³-hybridized carbons (Fsp3) is 0.235. The highest BCUT2D eigenvalue weighted by atomic mass is 35.5. The Balaban J connectivity index is 1.73. The van der Waals surface area contributed by atoms with Gasteiger partial charge in [0, 0.05) is 17.3 Å². The van der Waals surface area contributed by atoms with E-state index in [9.17, 15) is 9.59 Å². The highest BCUT2D eigenvalue weighted by Crippen LogP contribution is 2.18. The standard InChI is InChI=1S/C17H16ClN3O2S/c1-10-7-11(2)20-16-15(10)17(23)21(24-16)9-14(22)19-8-12-3-5-13(18)6-4-12/h3-7H,8-9H2,1-2H3,(H,19,22). The van der Waals surface area contributed by atoms with Crippen LogP contribution in [0.2, 0.25) is 5.02 Å². The summed E-state index contributed by atoms with van der Waals surface area (Å²) in [6, 6.07) is 9.13. The Morgan fingerprint density at radius 3 is 2.71 bits per heavy atom. The minimum Gasteiger partial charge on any atom is -0.350 e. The normalized spacial score (nSPS) is 11.0. The Morgan fingerprint density at radius 2 is 2.00 bits per heavy atom. The molecule has 7 heteroatoms. The van der Waals surface area contributed by atoms with Crippen LogP contribution in [0.1, 0.15) is 16.8 Å². The Morgan fingerprint density at radius 1 is 1.29 bits per heavy atom. The van der Waals surface area contributed by atoms with Crippen molar-refractivity contribution in [3.63, 3.8) is 0 Å². The number of aromatic nitrogens is 2. The first-order valence-corrected chi connectivity index (χ1v) is 8.58. The molecule has 0 saturated heterocycles. The van der Waals surface area contributed by atoms with Crippen LogP contribution >= 0.6 is 23.1 Å². The first-order chi connectivity index (χ1) is 11.4. The minimum atomic E-state index is -0.215. The van der Waals surface area contributed by atoms with Crippen LogP contribution in [-0.2, 0) is 17.9 Å². The van der Waals surface area contributed by atoms with Gasteiger partial charge >= 0.3 is 0 Å². The minimum absolute atomic E-state index is 0.00800. The molecule has 0 fully saturated rings. The van der Waals surface area contributed by atoms with Gasteiger partial charge in [0.25, 0.3) is 5.56 Å². The van der Waals surface area contributed by atoms with Gasteiger partial charge in [0.1, 0.15) is 11.4 Å². The summed E-state index contributed by atoms with van der Waals surface area (Å²) in [5.41, 5.74) is 2.53. The predicted molar refractivity (Wildman–Crippen MR) is 96.7 cm³/mol.